The van der Waals surface area contributed by atoms with Crippen LogP contribution < -0.4 is 14.4 Å². The Labute approximate surface area is 215 Å². The van der Waals surface area contributed by atoms with Gasteiger partial charge in [-0.2, -0.15) is 0 Å². The van der Waals surface area contributed by atoms with Crippen LogP contribution in [0.5, 0.6) is 11.5 Å². The second-order valence-corrected chi connectivity index (χ2v) is 9.10. The number of Topliss-reactive ketones (excluding diaryl/α,β-unsaturated/α-hetero) is 1. The molecular weight excluding hydrogens is 466 g/mol. The lowest BCUT2D eigenvalue weighted by molar-refractivity contribution is -0.132. The van der Waals surface area contributed by atoms with Gasteiger partial charge in [0, 0.05) is 16.8 Å². The second-order valence-electron chi connectivity index (χ2n) is 9.10. The number of carbonyl (C=O) groups is 2. The molecule has 37 heavy (non-hydrogen) atoms. The van der Waals surface area contributed by atoms with Crippen LogP contribution in [0.25, 0.3) is 16.5 Å². The molecule has 4 aromatic rings. The van der Waals surface area contributed by atoms with Crippen molar-refractivity contribution in [1.29, 1.82) is 0 Å². The van der Waals surface area contributed by atoms with Gasteiger partial charge in [0.05, 0.1) is 24.8 Å². The van der Waals surface area contributed by atoms with Gasteiger partial charge in [0.1, 0.15) is 17.3 Å². The second kappa shape index (κ2) is 9.82. The summed E-state index contributed by atoms with van der Waals surface area (Å²) >= 11 is 0. The summed E-state index contributed by atoms with van der Waals surface area (Å²) in [6, 6.07) is 26.4. The van der Waals surface area contributed by atoms with E-state index < -0.39 is 17.7 Å². The van der Waals surface area contributed by atoms with Gasteiger partial charge in [0.15, 0.2) is 0 Å². The molecule has 0 radical (unpaired) electrons. The van der Waals surface area contributed by atoms with Gasteiger partial charge in [-0.05, 0) is 55.0 Å². The van der Waals surface area contributed by atoms with Crippen molar-refractivity contribution >= 4 is 33.9 Å². The first-order valence-electron chi connectivity index (χ1n) is 12.1. The van der Waals surface area contributed by atoms with Gasteiger partial charge in [-0.15, -0.1) is 0 Å². The Hall–Kier alpha value is -4.58. The number of anilines is 1. The number of aliphatic hydroxyl groups is 1. The summed E-state index contributed by atoms with van der Waals surface area (Å²) in [5.74, 6) is -0.560. The molecule has 1 heterocycles. The van der Waals surface area contributed by atoms with E-state index in [0.29, 0.717) is 28.3 Å². The van der Waals surface area contributed by atoms with E-state index in [1.54, 1.807) is 42.5 Å². The molecule has 1 aliphatic rings. The van der Waals surface area contributed by atoms with Crippen LogP contribution >= 0.6 is 0 Å². The highest BCUT2D eigenvalue weighted by Gasteiger charge is 2.48. The van der Waals surface area contributed by atoms with Crippen LogP contribution in [-0.2, 0) is 9.59 Å². The summed E-state index contributed by atoms with van der Waals surface area (Å²) in [6.07, 6.45) is -0.00523. The summed E-state index contributed by atoms with van der Waals surface area (Å²) in [5, 5.41) is 13.3. The molecule has 1 fully saturated rings. The Morgan fingerprint density at radius 2 is 1.54 bits per heavy atom. The molecule has 6 heteroatoms. The minimum absolute atomic E-state index is 0.00523. The number of carbonyl (C=O) groups excluding carboxylic acids is 2. The third-order valence-electron chi connectivity index (χ3n) is 6.41. The van der Waals surface area contributed by atoms with Gasteiger partial charge < -0.3 is 14.6 Å². The van der Waals surface area contributed by atoms with Crippen molar-refractivity contribution in [3.63, 3.8) is 0 Å². The molecule has 0 aliphatic carbocycles. The zero-order valence-electron chi connectivity index (χ0n) is 20.8. The topological polar surface area (TPSA) is 76.1 Å². The fourth-order valence-corrected chi connectivity index (χ4v) is 4.82. The number of ether oxygens (including phenoxy) is 2. The molecule has 1 saturated heterocycles. The average molecular weight is 494 g/mol. The first-order chi connectivity index (χ1) is 17.9. The molecule has 1 N–H and O–H groups in total. The minimum atomic E-state index is -0.896. The molecule has 6 nitrogen and oxygen atoms in total. The Morgan fingerprint density at radius 1 is 0.865 bits per heavy atom. The minimum Gasteiger partial charge on any atom is -0.507 e. The molecule has 0 saturated carbocycles. The maximum absolute atomic E-state index is 13.6. The van der Waals surface area contributed by atoms with Crippen molar-refractivity contribution in [2.75, 3.05) is 12.0 Å². The molecule has 1 aliphatic heterocycles. The monoisotopic (exact) mass is 493 g/mol. The van der Waals surface area contributed by atoms with Crippen molar-refractivity contribution in [2.45, 2.75) is 26.0 Å². The predicted octanol–water partition coefficient (Wildman–Crippen LogP) is 6.26. The van der Waals surface area contributed by atoms with Crippen LogP contribution in [0.4, 0.5) is 5.69 Å². The number of hydrogen-bond acceptors (Lipinski definition) is 5. The van der Waals surface area contributed by atoms with E-state index >= 15 is 0 Å². The van der Waals surface area contributed by atoms with E-state index in [9.17, 15) is 14.7 Å². The largest absolute Gasteiger partial charge is 0.507 e. The van der Waals surface area contributed by atoms with Crippen LogP contribution in [0.2, 0.25) is 0 Å². The molecule has 1 unspecified atom stereocenters. The lowest BCUT2D eigenvalue weighted by Gasteiger charge is -2.27. The van der Waals surface area contributed by atoms with Crippen LogP contribution in [0.15, 0.2) is 96.6 Å². The summed E-state index contributed by atoms with van der Waals surface area (Å²) in [4.78, 5) is 28.5. The number of rotatable bonds is 6. The summed E-state index contributed by atoms with van der Waals surface area (Å²) in [6.45, 7) is 3.86. The number of para-hydroxylation sites is 1. The van der Waals surface area contributed by atoms with Crippen molar-refractivity contribution in [1.82, 2.24) is 0 Å². The number of aliphatic hydroxyl groups excluding tert-OH is 1. The van der Waals surface area contributed by atoms with Crippen LogP contribution in [0.1, 0.15) is 31.0 Å². The maximum Gasteiger partial charge on any atom is 0.300 e. The van der Waals surface area contributed by atoms with E-state index in [0.717, 1.165) is 10.8 Å². The molecule has 0 aromatic heterocycles. The third-order valence-corrected chi connectivity index (χ3v) is 6.41. The highest BCUT2D eigenvalue weighted by molar-refractivity contribution is 6.51. The number of hydrogen-bond donors (Lipinski definition) is 1. The molecule has 0 bridgehead atoms. The highest BCUT2D eigenvalue weighted by atomic mass is 16.5. The normalized spacial score (nSPS) is 17.0. The number of fused-ring (bicyclic) bond motifs is 1. The van der Waals surface area contributed by atoms with Crippen molar-refractivity contribution in [3.05, 3.63) is 108 Å². The van der Waals surface area contributed by atoms with E-state index in [1.807, 2.05) is 62.4 Å². The fourth-order valence-electron chi connectivity index (χ4n) is 4.82. The fraction of sp³-hybridized carbons (Fsp3) is 0.161. The van der Waals surface area contributed by atoms with E-state index in [-0.39, 0.29) is 17.4 Å². The summed E-state index contributed by atoms with van der Waals surface area (Å²) in [7, 11) is 1.54. The summed E-state index contributed by atoms with van der Waals surface area (Å²) < 4.78 is 11.4. The van der Waals surface area contributed by atoms with Crippen LogP contribution in [0.3, 0.4) is 0 Å². The number of methoxy groups -OCH3 is 1. The zero-order chi connectivity index (χ0) is 26.1. The molecule has 4 aromatic carbocycles. The first kappa shape index (κ1) is 24.1. The van der Waals surface area contributed by atoms with E-state index in [1.165, 1.54) is 12.0 Å². The lowest BCUT2D eigenvalue weighted by atomic mass is 9.92. The van der Waals surface area contributed by atoms with Gasteiger partial charge in [0.2, 0.25) is 0 Å². The molecule has 0 spiro atoms. The Bertz CT molecular complexity index is 1520. The summed E-state index contributed by atoms with van der Waals surface area (Å²) in [5.41, 5.74) is 1.59. The smallest absolute Gasteiger partial charge is 0.300 e. The van der Waals surface area contributed by atoms with Crippen LogP contribution in [0, 0.1) is 0 Å². The van der Waals surface area contributed by atoms with E-state index in [4.69, 9.17) is 9.47 Å². The quantitative estimate of drug-likeness (QED) is 0.195. The van der Waals surface area contributed by atoms with Crippen molar-refractivity contribution < 1.29 is 24.2 Å². The Morgan fingerprint density at radius 3 is 2.27 bits per heavy atom. The Balaban J connectivity index is 1.73. The number of nitrogens with zero attached hydrogens (tertiary/aromatic N) is 1. The molecular formula is C31H27NO5. The van der Waals surface area contributed by atoms with Crippen molar-refractivity contribution in [2.24, 2.45) is 0 Å². The standard InChI is InChI=1S/C31H27NO5/c1-19(2)37-22-17-15-21(16-18-22)32-28(25-12-6-7-14-26(25)36-3)27(30(34)31(32)35)29(33)24-13-8-10-20-9-4-5-11-23(20)24/h4-19,28,33H,1-3H3/b29-27+. The number of benzene rings is 4. The molecule has 186 valence electrons. The molecule has 1 atom stereocenters. The van der Waals surface area contributed by atoms with E-state index in [2.05, 4.69) is 0 Å². The van der Waals surface area contributed by atoms with Crippen molar-refractivity contribution in [3.8, 4) is 11.5 Å². The Kier molecular flexibility index (Phi) is 6.40. The van der Waals surface area contributed by atoms with Crippen LogP contribution in [-0.4, -0.2) is 30.0 Å². The van der Waals surface area contributed by atoms with Gasteiger partial charge in [-0.3, -0.25) is 14.5 Å². The zero-order valence-corrected chi connectivity index (χ0v) is 20.8. The maximum atomic E-state index is 13.6. The van der Waals surface area contributed by atoms with Gasteiger partial charge in [-0.1, -0.05) is 60.7 Å². The van der Waals surface area contributed by atoms with Gasteiger partial charge in [-0.25, -0.2) is 0 Å². The van der Waals surface area contributed by atoms with Gasteiger partial charge >= 0.3 is 0 Å². The number of ketones is 1. The predicted molar refractivity (Wildman–Crippen MR) is 144 cm³/mol. The van der Waals surface area contributed by atoms with Gasteiger partial charge in [0.25, 0.3) is 11.7 Å². The molecule has 1 amide bonds. The average Bonchev–Trinajstić information content (AvgIpc) is 3.18. The SMILES string of the molecule is COc1ccccc1C1/C(=C(\O)c2cccc3ccccc23)C(=O)C(=O)N1c1ccc(OC(C)C)cc1. The lowest BCUT2D eigenvalue weighted by Crippen LogP contribution is -2.29. The highest BCUT2D eigenvalue weighted by Crippen LogP contribution is 2.45. The molecule has 5 rings (SSSR count). The third kappa shape index (κ3) is 4.31. The number of amides is 1. The first-order valence-corrected chi connectivity index (χ1v) is 12.1.